The minimum atomic E-state index is 0.730. The Labute approximate surface area is 105 Å². The fraction of sp³-hybridized carbons (Fsp3) is 0.231. The first-order chi connectivity index (χ1) is 8.74. The van der Waals surface area contributed by atoms with Gasteiger partial charge in [-0.05, 0) is 32.0 Å². The van der Waals surface area contributed by atoms with Crippen LogP contribution in [0.4, 0.5) is 5.82 Å². The van der Waals surface area contributed by atoms with Crippen molar-refractivity contribution in [2.24, 2.45) is 0 Å². The van der Waals surface area contributed by atoms with E-state index in [1.165, 1.54) is 5.56 Å². The van der Waals surface area contributed by atoms with Gasteiger partial charge >= 0.3 is 0 Å². The Morgan fingerprint density at radius 1 is 1.22 bits per heavy atom. The van der Waals surface area contributed by atoms with E-state index in [-0.39, 0.29) is 0 Å². The van der Waals surface area contributed by atoms with Gasteiger partial charge in [-0.15, -0.1) is 0 Å². The number of H-pyrrole nitrogens is 2. The molecule has 5 heteroatoms. The van der Waals surface area contributed by atoms with Crippen LogP contribution in [-0.4, -0.2) is 20.2 Å². The zero-order valence-electron chi connectivity index (χ0n) is 10.4. The van der Waals surface area contributed by atoms with Gasteiger partial charge in [-0.3, -0.25) is 5.10 Å². The van der Waals surface area contributed by atoms with Gasteiger partial charge in [0.15, 0.2) is 0 Å². The van der Waals surface area contributed by atoms with E-state index in [9.17, 15) is 0 Å². The topological polar surface area (TPSA) is 69.4 Å². The fourth-order valence-corrected chi connectivity index (χ4v) is 2.04. The number of anilines is 1. The summed E-state index contributed by atoms with van der Waals surface area (Å²) in [6.07, 6.45) is 1.89. The highest BCUT2D eigenvalue weighted by molar-refractivity contribution is 5.77. The van der Waals surface area contributed by atoms with Gasteiger partial charge in [0.2, 0.25) is 0 Å². The van der Waals surface area contributed by atoms with Crippen LogP contribution in [0.15, 0.2) is 24.4 Å². The number of nitrogens with zero attached hydrogens (tertiary/aromatic N) is 2. The number of aromatic amines is 2. The van der Waals surface area contributed by atoms with Crippen LogP contribution < -0.4 is 5.32 Å². The van der Waals surface area contributed by atoms with E-state index in [1.54, 1.807) is 0 Å². The predicted molar refractivity (Wildman–Crippen MR) is 71.5 cm³/mol. The van der Waals surface area contributed by atoms with E-state index in [0.717, 1.165) is 34.8 Å². The summed E-state index contributed by atoms with van der Waals surface area (Å²) >= 11 is 0. The molecule has 5 nitrogen and oxygen atoms in total. The Kier molecular flexibility index (Phi) is 2.51. The molecule has 0 aliphatic heterocycles. The molecule has 0 amide bonds. The zero-order valence-corrected chi connectivity index (χ0v) is 10.4. The molecule has 0 spiro atoms. The van der Waals surface area contributed by atoms with Gasteiger partial charge in [-0.25, -0.2) is 4.98 Å². The second kappa shape index (κ2) is 4.18. The minimum absolute atomic E-state index is 0.730. The first-order valence-corrected chi connectivity index (χ1v) is 5.92. The van der Waals surface area contributed by atoms with Crippen LogP contribution in [0.25, 0.3) is 11.0 Å². The monoisotopic (exact) mass is 241 g/mol. The van der Waals surface area contributed by atoms with Crippen LogP contribution >= 0.6 is 0 Å². The summed E-state index contributed by atoms with van der Waals surface area (Å²) in [6.45, 7) is 4.76. The van der Waals surface area contributed by atoms with Gasteiger partial charge < -0.3 is 10.3 Å². The van der Waals surface area contributed by atoms with Crippen molar-refractivity contribution in [1.29, 1.82) is 0 Å². The average Bonchev–Trinajstić information content (AvgIpc) is 2.94. The molecule has 3 aromatic rings. The summed E-state index contributed by atoms with van der Waals surface area (Å²) in [5.41, 5.74) is 4.23. The van der Waals surface area contributed by atoms with Crippen LogP contribution in [0.5, 0.6) is 0 Å². The molecule has 0 aromatic carbocycles. The molecular weight excluding hydrogens is 226 g/mol. The molecule has 0 saturated carbocycles. The summed E-state index contributed by atoms with van der Waals surface area (Å²) in [4.78, 5) is 7.60. The Bertz CT molecular complexity index is 660. The third-order valence-corrected chi connectivity index (χ3v) is 3.14. The second-order valence-corrected chi connectivity index (χ2v) is 4.38. The molecule has 0 aliphatic carbocycles. The molecular formula is C13H15N5. The van der Waals surface area contributed by atoms with Crippen LogP contribution in [0, 0.1) is 13.8 Å². The molecule has 0 bridgehead atoms. The van der Waals surface area contributed by atoms with Crippen LogP contribution in [0.1, 0.15) is 17.0 Å². The van der Waals surface area contributed by atoms with E-state index in [0.29, 0.717) is 0 Å². The van der Waals surface area contributed by atoms with Crippen molar-refractivity contribution in [2.45, 2.75) is 20.4 Å². The normalized spacial score (nSPS) is 11.0. The Balaban J connectivity index is 1.80. The average molecular weight is 241 g/mol. The van der Waals surface area contributed by atoms with Gasteiger partial charge in [-0.1, -0.05) is 0 Å². The van der Waals surface area contributed by atoms with Gasteiger partial charge in [0.1, 0.15) is 11.5 Å². The summed E-state index contributed by atoms with van der Waals surface area (Å²) in [6, 6.07) is 6.05. The van der Waals surface area contributed by atoms with Crippen molar-refractivity contribution >= 4 is 16.9 Å². The fourth-order valence-electron chi connectivity index (χ4n) is 2.04. The highest BCUT2D eigenvalue weighted by atomic mass is 15.1. The number of pyridine rings is 1. The number of hydrogen-bond acceptors (Lipinski definition) is 3. The lowest BCUT2D eigenvalue weighted by molar-refractivity contribution is 1.02. The predicted octanol–water partition coefficient (Wildman–Crippen LogP) is 2.51. The summed E-state index contributed by atoms with van der Waals surface area (Å²) in [5, 5.41) is 11.6. The van der Waals surface area contributed by atoms with Crippen LogP contribution in [0.3, 0.4) is 0 Å². The quantitative estimate of drug-likeness (QED) is 0.660. The maximum Gasteiger partial charge on any atom is 0.139 e. The molecule has 0 fully saturated rings. The third-order valence-electron chi connectivity index (χ3n) is 3.14. The van der Waals surface area contributed by atoms with Crippen molar-refractivity contribution in [3.8, 4) is 0 Å². The van der Waals surface area contributed by atoms with Gasteiger partial charge in [-0.2, -0.15) is 5.10 Å². The van der Waals surface area contributed by atoms with E-state index in [1.807, 2.05) is 32.2 Å². The molecule has 3 rings (SSSR count). The van der Waals surface area contributed by atoms with Gasteiger partial charge in [0.25, 0.3) is 0 Å². The summed E-state index contributed by atoms with van der Waals surface area (Å²) < 4.78 is 0. The smallest absolute Gasteiger partial charge is 0.139 e. The Morgan fingerprint density at radius 3 is 2.89 bits per heavy atom. The number of fused-ring (bicyclic) bond motifs is 1. The van der Waals surface area contributed by atoms with Crippen LogP contribution in [-0.2, 0) is 6.54 Å². The summed E-state index contributed by atoms with van der Waals surface area (Å²) in [7, 11) is 0. The molecule has 0 saturated heterocycles. The van der Waals surface area contributed by atoms with Crippen molar-refractivity contribution in [3.63, 3.8) is 0 Å². The van der Waals surface area contributed by atoms with Gasteiger partial charge in [0.05, 0.1) is 5.69 Å². The van der Waals surface area contributed by atoms with E-state index < -0.39 is 0 Å². The highest BCUT2D eigenvalue weighted by Gasteiger charge is 2.06. The Morgan fingerprint density at radius 2 is 2.11 bits per heavy atom. The molecule has 3 heterocycles. The SMILES string of the molecule is Cc1n[nH]c(C)c1CNc1ccc2cc[nH]c2n1. The third kappa shape index (κ3) is 1.84. The number of aromatic nitrogens is 4. The number of hydrogen-bond donors (Lipinski definition) is 3. The first kappa shape index (κ1) is 10.8. The molecule has 0 unspecified atom stereocenters. The lowest BCUT2D eigenvalue weighted by Gasteiger charge is -2.05. The standard InChI is InChI=1S/C13H15N5/c1-8-11(9(2)18-17-8)7-15-12-4-3-10-5-6-14-13(10)16-12/h3-6H,7H2,1-2H3,(H,17,18)(H2,14,15,16). The summed E-state index contributed by atoms with van der Waals surface area (Å²) in [5.74, 6) is 0.866. The molecule has 18 heavy (non-hydrogen) atoms. The van der Waals surface area contributed by atoms with Crippen molar-refractivity contribution in [3.05, 3.63) is 41.3 Å². The van der Waals surface area contributed by atoms with E-state index >= 15 is 0 Å². The molecule has 3 N–H and O–H groups in total. The molecule has 0 aliphatic rings. The number of aryl methyl sites for hydroxylation is 2. The highest BCUT2D eigenvalue weighted by Crippen LogP contribution is 2.15. The maximum atomic E-state index is 4.50. The molecule has 0 atom stereocenters. The number of nitrogens with one attached hydrogen (secondary N) is 3. The lowest BCUT2D eigenvalue weighted by Crippen LogP contribution is -2.03. The number of rotatable bonds is 3. The lowest BCUT2D eigenvalue weighted by atomic mass is 10.2. The van der Waals surface area contributed by atoms with E-state index in [4.69, 9.17) is 0 Å². The second-order valence-electron chi connectivity index (χ2n) is 4.38. The van der Waals surface area contributed by atoms with E-state index in [2.05, 4.69) is 31.5 Å². The zero-order chi connectivity index (χ0) is 12.5. The van der Waals surface area contributed by atoms with Crippen molar-refractivity contribution in [2.75, 3.05) is 5.32 Å². The molecule has 0 radical (unpaired) electrons. The van der Waals surface area contributed by atoms with Crippen molar-refractivity contribution in [1.82, 2.24) is 20.2 Å². The van der Waals surface area contributed by atoms with Crippen molar-refractivity contribution < 1.29 is 0 Å². The first-order valence-electron chi connectivity index (χ1n) is 5.92. The Hall–Kier alpha value is -2.30. The molecule has 92 valence electrons. The molecule has 3 aromatic heterocycles. The maximum absolute atomic E-state index is 4.50. The largest absolute Gasteiger partial charge is 0.366 e. The minimum Gasteiger partial charge on any atom is -0.366 e. The van der Waals surface area contributed by atoms with Crippen LogP contribution in [0.2, 0.25) is 0 Å². The van der Waals surface area contributed by atoms with Gasteiger partial charge in [0, 0.05) is 29.4 Å².